The van der Waals surface area contributed by atoms with Crippen LogP contribution in [0.5, 0.6) is 5.75 Å². The number of carbonyl (C=O) groups is 1. The molecule has 2 aromatic heterocycles. The van der Waals surface area contributed by atoms with Crippen LogP contribution in [0.1, 0.15) is 11.1 Å². The Morgan fingerprint density at radius 1 is 1.20 bits per heavy atom. The van der Waals surface area contributed by atoms with Gasteiger partial charge in [0.1, 0.15) is 17.1 Å². The quantitative estimate of drug-likeness (QED) is 0.495. The highest BCUT2D eigenvalue weighted by Gasteiger charge is 2.15. The topological polar surface area (TPSA) is 73.5 Å². The van der Waals surface area contributed by atoms with E-state index in [1.54, 1.807) is 25.1 Å². The molecule has 0 saturated carbocycles. The summed E-state index contributed by atoms with van der Waals surface area (Å²) in [5.74, 6) is 0.0106. The van der Waals surface area contributed by atoms with E-state index in [2.05, 4.69) is 5.32 Å². The number of halogens is 1. The fourth-order valence-electron chi connectivity index (χ4n) is 3.60. The van der Waals surface area contributed by atoms with Crippen molar-refractivity contribution < 1.29 is 18.3 Å². The molecule has 30 heavy (non-hydrogen) atoms. The smallest absolute Gasteiger partial charge is 0.340 e. The van der Waals surface area contributed by atoms with E-state index in [0.717, 1.165) is 16.3 Å². The number of aryl methyl sites for hydroxylation is 1. The van der Waals surface area contributed by atoms with Crippen LogP contribution in [0.3, 0.4) is 0 Å². The molecule has 0 aliphatic carbocycles. The molecule has 7 heteroatoms. The summed E-state index contributed by atoms with van der Waals surface area (Å²) >= 11 is 0. The first-order valence-corrected chi connectivity index (χ1v) is 9.57. The number of nitrogens with zero attached hydrogens (tertiary/aromatic N) is 1. The molecule has 0 atom stereocenters. The molecule has 0 aliphatic heterocycles. The molecule has 2 heterocycles. The fraction of sp³-hybridized carbons (Fsp3) is 0.217. The number of nitrogens with one attached hydrogen (secondary N) is 1. The molecule has 0 radical (unpaired) electrons. The van der Waals surface area contributed by atoms with Crippen LogP contribution >= 0.6 is 0 Å². The highest BCUT2D eigenvalue weighted by atomic mass is 19.1. The Kier molecular flexibility index (Phi) is 5.27. The lowest BCUT2D eigenvalue weighted by atomic mass is 10.0. The summed E-state index contributed by atoms with van der Waals surface area (Å²) in [6, 6.07) is 11.7. The maximum absolute atomic E-state index is 13.5. The number of hydrogen-bond acceptors (Lipinski definition) is 4. The molecule has 4 rings (SSSR count). The molecule has 0 fully saturated rings. The van der Waals surface area contributed by atoms with Gasteiger partial charge in [-0.1, -0.05) is 0 Å². The Bertz CT molecular complexity index is 1310. The van der Waals surface area contributed by atoms with Crippen molar-refractivity contribution >= 4 is 27.8 Å². The molecular formula is C23H21FN2O4. The maximum atomic E-state index is 13.5. The minimum absolute atomic E-state index is 0.0722. The van der Waals surface area contributed by atoms with Crippen LogP contribution in [0.15, 0.2) is 57.9 Å². The molecular weight excluding hydrogens is 387 g/mol. The molecule has 0 unspecified atom stereocenters. The number of rotatable bonds is 6. The van der Waals surface area contributed by atoms with Crippen LogP contribution in [0.25, 0.3) is 21.9 Å². The average molecular weight is 408 g/mol. The predicted octanol–water partition coefficient (Wildman–Crippen LogP) is 3.56. The number of methoxy groups -OCH3 is 1. The Morgan fingerprint density at radius 3 is 2.83 bits per heavy atom. The van der Waals surface area contributed by atoms with E-state index < -0.39 is 5.63 Å². The van der Waals surface area contributed by atoms with Crippen molar-refractivity contribution in [1.29, 1.82) is 0 Å². The number of ether oxygens (including phenoxy) is 1. The summed E-state index contributed by atoms with van der Waals surface area (Å²) in [5.41, 5.74) is 1.71. The van der Waals surface area contributed by atoms with Crippen LogP contribution in [0, 0.1) is 12.7 Å². The van der Waals surface area contributed by atoms with Crippen molar-refractivity contribution in [2.45, 2.75) is 19.9 Å². The third-order valence-electron chi connectivity index (χ3n) is 5.24. The second kappa shape index (κ2) is 8.02. The van der Waals surface area contributed by atoms with E-state index in [4.69, 9.17) is 9.15 Å². The zero-order valence-electron chi connectivity index (χ0n) is 16.7. The van der Waals surface area contributed by atoms with E-state index >= 15 is 0 Å². The third kappa shape index (κ3) is 3.78. The Balaban J connectivity index is 1.45. The lowest BCUT2D eigenvalue weighted by Crippen LogP contribution is -2.30. The van der Waals surface area contributed by atoms with Gasteiger partial charge in [0.25, 0.3) is 0 Å². The van der Waals surface area contributed by atoms with Crippen molar-refractivity contribution in [2.75, 3.05) is 13.7 Å². The zero-order valence-corrected chi connectivity index (χ0v) is 16.7. The van der Waals surface area contributed by atoms with Crippen LogP contribution < -0.4 is 15.7 Å². The molecule has 0 spiro atoms. The van der Waals surface area contributed by atoms with Crippen LogP contribution in [-0.4, -0.2) is 24.1 Å². The number of aromatic nitrogens is 1. The minimum atomic E-state index is -0.532. The standard InChI is InChI=1S/C23H21FN2O4/c1-14-18-6-5-17(29-2)12-21(18)30-23(28)19(14)13-22(27)25-8-10-26-9-7-15-3-4-16(24)11-20(15)26/h3-7,9,11-12H,8,10,13H2,1-2H3,(H,25,27). The van der Waals surface area contributed by atoms with Crippen LogP contribution in [-0.2, 0) is 17.8 Å². The second-order valence-corrected chi connectivity index (χ2v) is 7.09. The number of fused-ring (bicyclic) bond motifs is 2. The fourth-order valence-corrected chi connectivity index (χ4v) is 3.60. The van der Waals surface area contributed by atoms with Gasteiger partial charge in [-0.05, 0) is 54.3 Å². The van der Waals surface area contributed by atoms with Crippen molar-refractivity contribution in [3.8, 4) is 5.75 Å². The summed E-state index contributed by atoms with van der Waals surface area (Å²) in [6.07, 6.45) is 1.78. The molecule has 154 valence electrons. The van der Waals surface area contributed by atoms with Gasteiger partial charge in [0, 0.05) is 30.7 Å². The van der Waals surface area contributed by atoms with Gasteiger partial charge >= 0.3 is 5.63 Å². The van der Waals surface area contributed by atoms with E-state index in [0.29, 0.717) is 35.5 Å². The van der Waals surface area contributed by atoms with Crippen LogP contribution in [0.4, 0.5) is 4.39 Å². The van der Waals surface area contributed by atoms with E-state index in [9.17, 15) is 14.0 Å². The number of amides is 1. The lowest BCUT2D eigenvalue weighted by molar-refractivity contribution is -0.120. The predicted molar refractivity (Wildman–Crippen MR) is 112 cm³/mol. The van der Waals surface area contributed by atoms with Crippen LogP contribution in [0.2, 0.25) is 0 Å². The van der Waals surface area contributed by atoms with Gasteiger partial charge in [-0.2, -0.15) is 0 Å². The average Bonchev–Trinajstić information content (AvgIpc) is 3.12. The molecule has 6 nitrogen and oxygen atoms in total. The van der Waals surface area contributed by atoms with Gasteiger partial charge < -0.3 is 19.0 Å². The molecule has 0 aliphatic rings. The highest BCUT2D eigenvalue weighted by Crippen LogP contribution is 2.24. The number of benzene rings is 2. The summed E-state index contributed by atoms with van der Waals surface area (Å²) in [4.78, 5) is 24.8. The van der Waals surface area contributed by atoms with E-state index in [1.165, 1.54) is 19.2 Å². The Labute approximate surface area is 171 Å². The highest BCUT2D eigenvalue weighted by molar-refractivity contribution is 5.85. The van der Waals surface area contributed by atoms with Gasteiger partial charge in [-0.3, -0.25) is 4.79 Å². The van der Waals surface area contributed by atoms with Gasteiger partial charge in [0.05, 0.1) is 24.6 Å². The SMILES string of the molecule is COc1ccc2c(C)c(CC(=O)NCCn3ccc4ccc(F)cc43)c(=O)oc2c1. The normalized spacial score (nSPS) is 11.2. The van der Waals surface area contributed by atoms with Gasteiger partial charge in [-0.25, -0.2) is 9.18 Å². The van der Waals surface area contributed by atoms with Gasteiger partial charge in [-0.15, -0.1) is 0 Å². The van der Waals surface area contributed by atoms with Crippen molar-refractivity contribution in [3.05, 3.63) is 76.0 Å². The van der Waals surface area contributed by atoms with E-state index in [1.807, 2.05) is 22.9 Å². The van der Waals surface area contributed by atoms with Gasteiger partial charge in [0.15, 0.2) is 0 Å². The summed E-state index contributed by atoms with van der Waals surface area (Å²) < 4.78 is 25.9. The second-order valence-electron chi connectivity index (χ2n) is 7.09. The largest absolute Gasteiger partial charge is 0.497 e. The molecule has 1 N–H and O–H groups in total. The zero-order chi connectivity index (χ0) is 21.3. The Morgan fingerprint density at radius 2 is 2.03 bits per heavy atom. The van der Waals surface area contributed by atoms with E-state index in [-0.39, 0.29) is 18.1 Å². The van der Waals surface area contributed by atoms with Crippen molar-refractivity contribution in [2.24, 2.45) is 0 Å². The Hall–Kier alpha value is -3.61. The third-order valence-corrected chi connectivity index (χ3v) is 5.24. The summed E-state index contributed by atoms with van der Waals surface area (Å²) in [7, 11) is 1.54. The first-order chi connectivity index (χ1) is 14.5. The monoisotopic (exact) mass is 408 g/mol. The summed E-state index contributed by atoms with van der Waals surface area (Å²) in [6.45, 7) is 2.65. The molecule has 4 aromatic rings. The molecule has 0 bridgehead atoms. The summed E-state index contributed by atoms with van der Waals surface area (Å²) in [5, 5.41) is 4.51. The lowest BCUT2D eigenvalue weighted by Gasteiger charge is -2.10. The van der Waals surface area contributed by atoms with Crippen molar-refractivity contribution in [1.82, 2.24) is 9.88 Å². The first kappa shape index (κ1) is 19.7. The van der Waals surface area contributed by atoms with Gasteiger partial charge in [0.2, 0.25) is 5.91 Å². The minimum Gasteiger partial charge on any atom is -0.497 e. The number of carbonyl (C=O) groups excluding carboxylic acids is 1. The molecule has 0 saturated heterocycles. The number of hydrogen-bond donors (Lipinski definition) is 1. The van der Waals surface area contributed by atoms with Crippen molar-refractivity contribution in [3.63, 3.8) is 0 Å². The first-order valence-electron chi connectivity index (χ1n) is 9.57. The maximum Gasteiger partial charge on any atom is 0.340 e. The molecule has 2 aromatic carbocycles. The molecule has 1 amide bonds.